The molecule has 3 aromatic rings. The van der Waals surface area contributed by atoms with Gasteiger partial charge in [-0.25, -0.2) is 0 Å². The van der Waals surface area contributed by atoms with E-state index in [1.807, 2.05) is 13.0 Å². The second-order valence-electron chi connectivity index (χ2n) is 6.13. The number of hydrogen-bond acceptors (Lipinski definition) is 7. The van der Waals surface area contributed by atoms with Crippen LogP contribution >= 0.6 is 11.7 Å². The summed E-state index contributed by atoms with van der Waals surface area (Å²) in [6.07, 6.45) is 0.0215. The minimum absolute atomic E-state index is 0.0215. The number of aryl methyl sites for hydroxylation is 1. The lowest BCUT2D eigenvalue weighted by molar-refractivity contribution is -0.144. The Labute approximate surface area is 161 Å². The highest BCUT2D eigenvalue weighted by atomic mass is 32.1. The average Bonchev–Trinajstić information content (AvgIpc) is 3.13. The van der Waals surface area contributed by atoms with E-state index in [9.17, 15) is 9.59 Å². The van der Waals surface area contributed by atoms with Gasteiger partial charge in [0.1, 0.15) is 16.8 Å². The van der Waals surface area contributed by atoms with Crippen LogP contribution in [0.25, 0.3) is 11.0 Å². The smallest absolute Gasteiger partial charge is 0.313 e. The number of ketones is 1. The number of carbonyl (C=O) groups excluding carboxylic acids is 2. The van der Waals surface area contributed by atoms with E-state index in [4.69, 9.17) is 9.47 Å². The van der Waals surface area contributed by atoms with Crippen molar-refractivity contribution in [2.75, 3.05) is 13.7 Å². The molecule has 0 radical (unpaired) electrons. The number of aromatic nitrogens is 2. The molecule has 0 spiro atoms. The third-order valence-electron chi connectivity index (χ3n) is 4.36. The van der Waals surface area contributed by atoms with Crippen molar-refractivity contribution in [2.24, 2.45) is 0 Å². The number of rotatable bonds is 7. The maximum atomic E-state index is 12.8. The molecule has 0 aliphatic rings. The topological polar surface area (TPSA) is 78.4 Å². The lowest BCUT2D eigenvalue weighted by Gasteiger charge is -2.16. The van der Waals surface area contributed by atoms with Crippen LogP contribution in [0.5, 0.6) is 5.75 Å². The van der Waals surface area contributed by atoms with Gasteiger partial charge in [0.25, 0.3) is 0 Å². The van der Waals surface area contributed by atoms with Crippen molar-refractivity contribution in [2.45, 2.75) is 26.2 Å². The van der Waals surface area contributed by atoms with Gasteiger partial charge >= 0.3 is 5.97 Å². The monoisotopic (exact) mass is 384 g/mol. The van der Waals surface area contributed by atoms with E-state index in [-0.39, 0.29) is 18.8 Å². The first-order chi connectivity index (χ1) is 13.0. The quantitative estimate of drug-likeness (QED) is 0.454. The van der Waals surface area contributed by atoms with Crippen LogP contribution in [0.1, 0.15) is 40.7 Å². The molecule has 7 heteroatoms. The number of ether oxygens (including phenoxy) is 2. The first-order valence-corrected chi connectivity index (χ1v) is 9.33. The van der Waals surface area contributed by atoms with Gasteiger partial charge in [0, 0.05) is 12.0 Å². The molecular weight excluding hydrogens is 364 g/mol. The van der Waals surface area contributed by atoms with E-state index in [1.54, 1.807) is 44.4 Å². The number of hydrogen-bond donors (Lipinski definition) is 0. The van der Waals surface area contributed by atoms with Gasteiger partial charge in [0.05, 0.1) is 31.4 Å². The summed E-state index contributed by atoms with van der Waals surface area (Å²) in [6.45, 7) is 3.88. The highest BCUT2D eigenvalue weighted by Crippen LogP contribution is 2.27. The Morgan fingerprint density at radius 1 is 1.11 bits per heavy atom. The molecule has 140 valence electrons. The highest BCUT2D eigenvalue weighted by Gasteiger charge is 2.26. The predicted molar refractivity (Wildman–Crippen MR) is 103 cm³/mol. The summed E-state index contributed by atoms with van der Waals surface area (Å²) in [5, 5.41) is 0. The Morgan fingerprint density at radius 2 is 1.89 bits per heavy atom. The SMILES string of the molecule is CCOC(=O)C(CC(=O)c1ccc(OC)c(C)c1)c1ccc2nsnc2c1. The van der Waals surface area contributed by atoms with E-state index in [0.717, 1.165) is 28.6 Å². The zero-order valence-corrected chi connectivity index (χ0v) is 16.2. The number of esters is 1. The molecule has 1 atom stereocenters. The van der Waals surface area contributed by atoms with E-state index < -0.39 is 11.9 Å². The van der Waals surface area contributed by atoms with Gasteiger partial charge in [-0.3, -0.25) is 9.59 Å². The Hall–Kier alpha value is -2.80. The third kappa shape index (κ3) is 4.14. The van der Waals surface area contributed by atoms with Gasteiger partial charge in [-0.05, 0) is 55.3 Å². The first kappa shape index (κ1) is 19.0. The molecule has 3 rings (SSSR count). The van der Waals surface area contributed by atoms with Gasteiger partial charge in [-0.1, -0.05) is 6.07 Å². The molecule has 2 aromatic carbocycles. The molecular formula is C20H20N2O4S. The number of benzene rings is 2. The minimum atomic E-state index is -0.689. The van der Waals surface area contributed by atoms with Crippen LogP contribution in [-0.4, -0.2) is 34.2 Å². The highest BCUT2D eigenvalue weighted by molar-refractivity contribution is 7.00. The molecule has 27 heavy (non-hydrogen) atoms. The van der Waals surface area contributed by atoms with Crippen LogP contribution in [0.4, 0.5) is 0 Å². The van der Waals surface area contributed by atoms with E-state index in [2.05, 4.69) is 8.75 Å². The van der Waals surface area contributed by atoms with Crippen LogP contribution in [0.3, 0.4) is 0 Å². The van der Waals surface area contributed by atoms with Gasteiger partial charge in [-0.2, -0.15) is 8.75 Å². The van der Waals surface area contributed by atoms with Gasteiger partial charge in [0.15, 0.2) is 5.78 Å². The second kappa shape index (κ2) is 8.26. The van der Waals surface area contributed by atoms with Crippen molar-refractivity contribution in [3.05, 3.63) is 53.1 Å². The van der Waals surface area contributed by atoms with E-state index >= 15 is 0 Å². The number of carbonyl (C=O) groups is 2. The van der Waals surface area contributed by atoms with Gasteiger partial charge in [-0.15, -0.1) is 0 Å². The fourth-order valence-electron chi connectivity index (χ4n) is 2.95. The Bertz CT molecular complexity index is 983. The first-order valence-electron chi connectivity index (χ1n) is 8.60. The fraction of sp³-hybridized carbons (Fsp3) is 0.300. The summed E-state index contributed by atoms with van der Waals surface area (Å²) in [6, 6.07) is 10.7. The summed E-state index contributed by atoms with van der Waals surface area (Å²) < 4.78 is 18.8. The molecule has 0 N–H and O–H groups in total. The zero-order valence-electron chi connectivity index (χ0n) is 15.4. The van der Waals surface area contributed by atoms with Crippen LogP contribution in [0.2, 0.25) is 0 Å². The van der Waals surface area contributed by atoms with Crippen molar-refractivity contribution in [1.82, 2.24) is 8.75 Å². The van der Waals surface area contributed by atoms with E-state index in [0.29, 0.717) is 16.6 Å². The molecule has 0 saturated heterocycles. The molecule has 0 saturated carbocycles. The average molecular weight is 384 g/mol. The lowest BCUT2D eigenvalue weighted by Crippen LogP contribution is -2.19. The maximum Gasteiger partial charge on any atom is 0.313 e. The second-order valence-corrected chi connectivity index (χ2v) is 6.66. The van der Waals surface area contributed by atoms with Crippen molar-refractivity contribution >= 4 is 34.5 Å². The largest absolute Gasteiger partial charge is 0.496 e. The third-order valence-corrected chi connectivity index (χ3v) is 4.91. The predicted octanol–water partition coefficient (Wildman–Crippen LogP) is 3.93. The van der Waals surface area contributed by atoms with Crippen LogP contribution in [-0.2, 0) is 9.53 Å². The molecule has 0 aliphatic heterocycles. The number of fused-ring (bicyclic) bond motifs is 1. The Morgan fingerprint density at radius 3 is 2.59 bits per heavy atom. The van der Waals surface area contributed by atoms with Crippen molar-refractivity contribution in [3.8, 4) is 5.75 Å². The molecule has 1 unspecified atom stereocenters. The molecule has 0 amide bonds. The van der Waals surface area contributed by atoms with Crippen molar-refractivity contribution < 1.29 is 19.1 Å². The Balaban J connectivity index is 1.90. The van der Waals surface area contributed by atoms with Crippen LogP contribution in [0, 0.1) is 6.92 Å². The summed E-state index contributed by atoms with van der Waals surface area (Å²) >= 11 is 1.11. The normalized spacial score (nSPS) is 12.0. The molecule has 0 aliphatic carbocycles. The van der Waals surface area contributed by atoms with Crippen LogP contribution in [0.15, 0.2) is 36.4 Å². The maximum absolute atomic E-state index is 12.8. The minimum Gasteiger partial charge on any atom is -0.496 e. The van der Waals surface area contributed by atoms with Gasteiger partial charge < -0.3 is 9.47 Å². The molecule has 0 fully saturated rings. The number of nitrogens with zero attached hydrogens (tertiary/aromatic N) is 2. The summed E-state index contributed by atoms with van der Waals surface area (Å²) in [5.41, 5.74) is 3.58. The molecule has 1 heterocycles. The molecule has 6 nitrogen and oxygen atoms in total. The fourth-order valence-corrected chi connectivity index (χ4v) is 3.47. The summed E-state index contributed by atoms with van der Waals surface area (Å²) in [7, 11) is 1.59. The van der Waals surface area contributed by atoms with E-state index in [1.165, 1.54) is 0 Å². The van der Waals surface area contributed by atoms with Crippen LogP contribution < -0.4 is 4.74 Å². The summed E-state index contributed by atoms with van der Waals surface area (Å²) in [5.74, 6) is -0.519. The standard InChI is InChI=1S/C20H20N2O4S/c1-4-26-20(24)15(13-5-7-16-17(10-13)22-27-21-16)11-18(23)14-6-8-19(25-3)12(2)9-14/h5-10,15H,4,11H2,1-3H3. The summed E-state index contributed by atoms with van der Waals surface area (Å²) in [4.78, 5) is 25.4. The molecule has 0 bridgehead atoms. The number of methoxy groups -OCH3 is 1. The van der Waals surface area contributed by atoms with Gasteiger partial charge in [0.2, 0.25) is 0 Å². The zero-order chi connectivity index (χ0) is 19.4. The van der Waals surface area contributed by atoms with Crippen molar-refractivity contribution in [3.63, 3.8) is 0 Å². The Kier molecular flexibility index (Phi) is 5.81. The van der Waals surface area contributed by atoms with Crippen molar-refractivity contribution in [1.29, 1.82) is 0 Å². The number of Topliss-reactive ketones (excluding diaryl/α,β-unsaturated/α-hetero) is 1. The lowest BCUT2D eigenvalue weighted by atomic mass is 9.91. The molecule has 1 aromatic heterocycles.